The van der Waals surface area contributed by atoms with E-state index in [1.807, 2.05) is 25.1 Å². The molecule has 3 atom stereocenters. The molecule has 2 N–H and O–H groups in total. The highest BCUT2D eigenvalue weighted by atomic mass is 16.5. The molecule has 1 aromatic carbocycles. The summed E-state index contributed by atoms with van der Waals surface area (Å²) >= 11 is 0. The largest absolute Gasteiger partial charge is 0.466 e. The van der Waals surface area contributed by atoms with E-state index in [0.717, 1.165) is 24.4 Å². The minimum Gasteiger partial charge on any atom is -0.466 e. The van der Waals surface area contributed by atoms with Gasteiger partial charge in [-0.3, -0.25) is 4.79 Å². The quantitative estimate of drug-likeness (QED) is 0.833. The van der Waals surface area contributed by atoms with Crippen LogP contribution >= 0.6 is 0 Å². The van der Waals surface area contributed by atoms with Crippen molar-refractivity contribution in [1.29, 1.82) is 0 Å². The number of hydrogen-bond donors (Lipinski definition) is 2. The van der Waals surface area contributed by atoms with Gasteiger partial charge in [0.05, 0.1) is 24.0 Å². The molecule has 1 aliphatic carbocycles. The minimum absolute atomic E-state index is 0.1000. The standard InChI is InChI=1S/C19H22N2O3/c1-3-14(22)11-10-15-19(8-9-20-15)12-6-4-5-7-13(12)21-17(19)16(11)18(23)24-2/h4-7,11,15,20-21H,3,8-10H2,1-2H3/t11-,15-,19+/m0/s1. The zero-order chi connectivity index (χ0) is 16.9. The van der Waals surface area contributed by atoms with E-state index in [4.69, 9.17) is 4.74 Å². The Kier molecular flexibility index (Phi) is 3.49. The van der Waals surface area contributed by atoms with Crippen molar-refractivity contribution in [2.75, 3.05) is 19.0 Å². The van der Waals surface area contributed by atoms with E-state index in [2.05, 4.69) is 16.7 Å². The van der Waals surface area contributed by atoms with Gasteiger partial charge in [0.15, 0.2) is 0 Å². The van der Waals surface area contributed by atoms with Gasteiger partial charge in [-0.2, -0.15) is 0 Å². The van der Waals surface area contributed by atoms with Crippen LogP contribution in [0.25, 0.3) is 0 Å². The number of anilines is 1. The van der Waals surface area contributed by atoms with Gasteiger partial charge in [0.1, 0.15) is 5.78 Å². The van der Waals surface area contributed by atoms with Gasteiger partial charge in [0, 0.05) is 23.8 Å². The average Bonchev–Trinajstić information content (AvgIpc) is 3.19. The fourth-order valence-corrected chi connectivity index (χ4v) is 4.79. The Balaban J connectivity index is 1.97. The number of fused-ring (bicyclic) bond motifs is 1. The number of esters is 1. The normalized spacial score (nSPS) is 30.2. The fraction of sp³-hybridized carbons (Fsp3) is 0.474. The molecular formula is C19H22N2O3. The lowest BCUT2D eigenvalue weighted by Crippen LogP contribution is -2.49. The predicted molar refractivity (Wildman–Crippen MR) is 90.6 cm³/mol. The summed E-state index contributed by atoms with van der Waals surface area (Å²) in [5.41, 5.74) is 3.42. The fourth-order valence-electron chi connectivity index (χ4n) is 4.79. The summed E-state index contributed by atoms with van der Waals surface area (Å²) in [5, 5.41) is 7.03. The van der Waals surface area contributed by atoms with Crippen LogP contribution < -0.4 is 10.6 Å². The van der Waals surface area contributed by atoms with Crippen LogP contribution in [0.5, 0.6) is 0 Å². The van der Waals surface area contributed by atoms with Crippen LogP contribution in [0.2, 0.25) is 0 Å². The number of benzene rings is 1. The molecule has 5 heteroatoms. The molecule has 3 aliphatic rings. The number of ether oxygens (including phenoxy) is 1. The first-order valence-corrected chi connectivity index (χ1v) is 8.59. The van der Waals surface area contributed by atoms with Crippen LogP contribution in [0.3, 0.4) is 0 Å². The van der Waals surface area contributed by atoms with Crippen LogP contribution in [0.4, 0.5) is 5.69 Å². The average molecular weight is 326 g/mol. The summed E-state index contributed by atoms with van der Waals surface area (Å²) < 4.78 is 5.06. The van der Waals surface area contributed by atoms with Gasteiger partial charge < -0.3 is 15.4 Å². The molecule has 2 heterocycles. The van der Waals surface area contributed by atoms with E-state index < -0.39 is 5.92 Å². The first-order chi connectivity index (χ1) is 11.6. The molecule has 1 saturated heterocycles. The zero-order valence-electron chi connectivity index (χ0n) is 14.0. The van der Waals surface area contributed by atoms with E-state index in [9.17, 15) is 9.59 Å². The van der Waals surface area contributed by atoms with Crippen molar-refractivity contribution in [2.45, 2.75) is 37.6 Å². The van der Waals surface area contributed by atoms with Crippen LogP contribution in [0.15, 0.2) is 35.5 Å². The Morgan fingerprint density at radius 2 is 2.12 bits per heavy atom. The van der Waals surface area contributed by atoms with E-state index in [-0.39, 0.29) is 23.2 Å². The van der Waals surface area contributed by atoms with Gasteiger partial charge in [-0.15, -0.1) is 0 Å². The van der Waals surface area contributed by atoms with Crippen molar-refractivity contribution in [2.24, 2.45) is 5.92 Å². The number of para-hydroxylation sites is 1. The van der Waals surface area contributed by atoms with Gasteiger partial charge in [0.2, 0.25) is 0 Å². The summed E-state index contributed by atoms with van der Waals surface area (Å²) in [5.74, 6) is -0.687. The summed E-state index contributed by atoms with van der Waals surface area (Å²) in [4.78, 5) is 25.1. The highest BCUT2D eigenvalue weighted by Gasteiger charge is 2.58. The number of methoxy groups -OCH3 is 1. The second kappa shape index (κ2) is 5.45. The Bertz CT molecular complexity index is 755. The lowest BCUT2D eigenvalue weighted by atomic mass is 9.64. The van der Waals surface area contributed by atoms with Crippen LogP contribution in [-0.4, -0.2) is 31.4 Å². The summed E-state index contributed by atoms with van der Waals surface area (Å²) in [6.07, 6.45) is 1.99. The summed E-state index contributed by atoms with van der Waals surface area (Å²) in [7, 11) is 1.39. The van der Waals surface area contributed by atoms with Crippen LogP contribution in [-0.2, 0) is 19.7 Å². The van der Waals surface area contributed by atoms with Crippen LogP contribution in [0.1, 0.15) is 31.7 Å². The lowest BCUT2D eigenvalue weighted by Gasteiger charge is -2.40. The van der Waals surface area contributed by atoms with Crippen LogP contribution in [0, 0.1) is 5.92 Å². The first kappa shape index (κ1) is 15.4. The number of carbonyl (C=O) groups is 2. The molecule has 1 spiro atoms. The molecule has 0 radical (unpaired) electrons. The van der Waals surface area contributed by atoms with Crippen molar-refractivity contribution in [3.63, 3.8) is 0 Å². The minimum atomic E-state index is -0.400. The molecule has 0 aromatic heterocycles. The topological polar surface area (TPSA) is 67.4 Å². The molecule has 0 bridgehead atoms. The van der Waals surface area contributed by atoms with Gasteiger partial charge in [-0.1, -0.05) is 25.1 Å². The van der Waals surface area contributed by atoms with Gasteiger partial charge in [0.25, 0.3) is 0 Å². The molecule has 126 valence electrons. The van der Waals surface area contributed by atoms with Crippen molar-refractivity contribution in [3.8, 4) is 0 Å². The number of hydrogen-bond acceptors (Lipinski definition) is 5. The maximum Gasteiger partial charge on any atom is 0.336 e. The molecule has 0 unspecified atom stereocenters. The molecular weight excluding hydrogens is 304 g/mol. The van der Waals surface area contributed by atoms with Gasteiger partial charge in [-0.25, -0.2) is 4.79 Å². The number of nitrogens with one attached hydrogen (secondary N) is 2. The lowest BCUT2D eigenvalue weighted by molar-refractivity contribution is -0.138. The highest BCUT2D eigenvalue weighted by molar-refractivity contribution is 6.00. The number of carbonyl (C=O) groups excluding carboxylic acids is 2. The number of Topliss-reactive ketones (excluding diaryl/α,β-unsaturated/α-hetero) is 1. The second-order valence-electron chi connectivity index (χ2n) is 6.79. The Hall–Kier alpha value is -2.14. The Labute approximate surface area is 141 Å². The predicted octanol–water partition coefficient (Wildman–Crippen LogP) is 2.14. The van der Waals surface area contributed by atoms with Crippen molar-refractivity contribution >= 4 is 17.4 Å². The monoisotopic (exact) mass is 326 g/mol. The maximum absolute atomic E-state index is 12.6. The number of ketones is 1. The molecule has 1 fully saturated rings. The van der Waals surface area contributed by atoms with E-state index >= 15 is 0 Å². The molecule has 5 nitrogen and oxygen atoms in total. The van der Waals surface area contributed by atoms with Gasteiger partial charge in [-0.05, 0) is 31.0 Å². The van der Waals surface area contributed by atoms with E-state index in [1.165, 1.54) is 12.7 Å². The molecule has 4 rings (SSSR count). The molecule has 1 aromatic rings. The molecule has 0 saturated carbocycles. The zero-order valence-corrected chi connectivity index (χ0v) is 14.0. The summed E-state index contributed by atoms with van der Waals surface area (Å²) in [6.45, 7) is 2.73. The van der Waals surface area contributed by atoms with Crippen molar-refractivity contribution in [3.05, 3.63) is 41.1 Å². The maximum atomic E-state index is 12.6. The first-order valence-electron chi connectivity index (χ1n) is 8.59. The van der Waals surface area contributed by atoms with Crippen molar-refractivity contribution < 1.29 is 14.3 Å². The third-order valence-electron chi connectivity index (χ3n) is 5.85. The van der Waals surface area contributed by atoms with Gasteiger partial charge >= 0.3 is 5.97 Å². The molecule has 24 heavy (non-hydrogen) atoms. The molecule has 0 amide bonds. The highest BCUT2D eigenvalue weighted by Crippen LogP contribution is 2.56. The third kappa shape index (κ3) is 1.85. The third-order valence-corrected chi connectivity index (χ3v) is 5.85. The van der Waals surface area contributed by atoms with E-state index in [0.29, 0.717) is 18.4 Å². The second-order valence-corrected chi connectivity index (χ2v) is 6.79. The van der Waals surface area contributed by atoms with Crippen molar-refractivity contribution in [1.82, 2.24) is 5.32 Å². The summed E-state index contributed by atoms with van der Waals surface area (Å²) in [6, 6.07) is 8.36. The number of rotatable bonds is 3. The Morgan fingerprint density at radius 1 is 1.33 bits per heavy atom. The van der Waals surface area contributed by atoms with E-state index in [1.54, 1.807) is 0 Å². The SMILES string of the molecule is CCC(=O)[C@@H]1C[C@@H]2NCC[C@]23C(=C1C(=O)OC)Nc1ccccc13. The molecule has 2 aliphatic heterocycles. The smallest absolute Gasteiger partial charge is 0.336 e. The Morgan fingerprint density at radius 3 is 2.88 bits per heavy atom.